The van der Waals surface area contributed by atoms with E-state index in [-0.39, 0.29) is 0 Å². The summed E-state index contributed by atoms with van der Waals surface area (Å²) in [4.78, 5) is 0. The van der Waals surface area contributed by atoms with E-state index in [2.05, 4.69) is 45.1 Å². The van der Waals surface area contributed by atoms with Crippen molar-refractivity contribution in [3.05, 3.63) is 23.8 Å². The SMILES string of the molecule is CCC(CC)C(C)Nc1ccc(C)cc1N. The number of nitrogen functional groups attached to an aromatic ring is 1. The monoisotopic (exact) mass is 220 g/mol. The van der Waals surface area contributed by atoms with E-state index >= 15 is 0 Å². The number of rotatable bonds is 5. The Bertz CT molecular complexity index is 330. The van der Waals surface area contributed by atoms with Gasteiger partial charge in [0.25, 0.3) is 0 Å². The molecule has 1 aromatic carbocycles. The molecule has 0 amide bonds. The summed E-state index contributed by atoms with van der Waals surface area (Å²) < 4.78 is 0. The fourth-order valence-electron chi connectivity index (χ4n) is 2.17. The summed E-state index contributed by atoms with van der Waals surface area (Å²) in [5.41, 5.74) is 9.10. The highest BCUT2D eigenvalue weighted by atomic mass is 14.9. The van der Waals surface area contributed by atoms with Gasteiger partial charge in [0.05, 0.1) is 11.4 Å². The van der Waals surface area contributed by atoms with Crippen LogP contribution in [0.4, 0.5) is 11.4 Å². The van der Waals surface area contributed by atoms with Gasteiger partial charge in [-0.25, -0.2) is 0 Å². The predicted molar refractivity (Wildman–Crippen MR) is 72.7 cm³/mol. The molecule has 0 aliphatic heterocycles. The zero-order chi connectivity index (χ0) is 12.1. The fourth-order valence-corrected chi connectivity index (χ4v) is 2.17. The molecule has 0 saturated heterocycles. The van der Waals surface area contributed by atoms with Crippen LogP contribution < -0.4 is 11.1 Å². The summed E-state index contributed by atoms with van der Waals surface area (Å²) >= 11 is 0. The van der Waals surface area contributed by atoms with Gasteiger partial charge in [0, 0.05) is 6.04 Å². The van der Waals surface area contributed by atoms with Gasteiger partial charge in [-0.05, 0) is 37.5 Å². The van der Waals surface area contributed by atoms with Crippen LogP contribution in [0.2, 0.25) is 0 Å². The van der Waals surface area contributed by atoms with E-state index in [0.29, 0.717) is 12.0 Å². The Morgan fingerprint density at radius 2 is 1.88 bits per heavy atom. The molecule has 0 saturated carbocycles. The minimum absolute atomic E-state index is 0.472. The van der Waals surface area contributed by atoms with E-state index in [1.807, 2.05) is 6.07 Å². The van der Waals surface area contributed by atoms with Crippen LogP contribution in [0.1, 0.15) is 39.2 Å². The minimum Gasteiger partial charge on any atom is -0.397 e. The Morgan fingerprint density at radius 3 is 2.38 bits per heavy atom. The molecule has 1 aromatic rings. The van der Waals surface area contributed by atoms with E-state index in [4.69, 9.17) is 5.73 Å². The van der Waals surface area contributed by atoms with E-state index in [1.165, 1.54) is 18.4 Å². The summed E-state index contributed by atoms with van der Waals surface area (Å²) in [5.74, 6) is 0.709. The first kappa shape index (κ1) is 12.9. The van der Waals surface area contributed by atoms with Gasteiger partial charge < -0.3 is 11.1 Å². The minimum atomic E-state index is 0.472. The molecule has 90 valence electrons. The number of aryl methyl sites for hydroxylation is 1. The Morgan fingerprint density at radius 1 is 1.25 bits per heavy atom. The molecule has 0 aliphatic carbocycles. The Labute approximate surface area is 99.2 Å². The van der Waals surface area contributed by atoms with Crippen LogP contribution in [-0.4, -0.2) is 6.04 Å². The Hall–Kier alpha value is -1.18. The molecule has 16 heavy (non-hydrogen) atoms. The van der Waals surface area contributed by atoms with Crippen molar-refractivity contribution in [1.29, 1.82) is 0 Å². The van der Waals surface area contributed by atoms with Crippen LogP contribution in [0.25, 0.3) is 0 Å². The molecule has 0 fully saturated rings. The summed E-state index contributed by atoms with van der Waals surface area (Å²) in [5, 5.41) is 3.51. The maximum atomic E-state index is 5.99. The highest BCUT2D eigenvalue weighted by Gasteiger charge is 2.13. The molecule has 0 bridgehead atoms. The molecular formula is C14H24N2. The first-order chi connectivity index (χ1) is 7.58. The van der Waals surface area contributed by atoms with Gasteiger partial charge in [0.15, 0.2) is 0 Å². The van der Waals surface area contributed by atoms with E-state index < -0.39 is 0 Å². The standard InChI is InChI=1S/C14H24N2/c1-5-12(6-2)11(4)16-14-8-7-10(3)9-13(14)15/h7-9,11-12,16H,5-6,15H2,1-4H3. The molecule has 0 spiro atoms. The number of hydrogen-bond donors (Lipinski definition) is 2. The van der Waals surface area contributed by atoms with Gasteiger partial charge in [-0.1, -0.05) is 32.8 Å². The average molecular weight is 220 g/mol. The van der Waals surface area contributed by atoms with Gasteiger partial charge in [0.2, 0.25) is 0 Å². The lowest BCUT2D eigenvalue weighted by atomic mass is 9.95. The molecule has 1 rings (SSSR count). The van der Waals surface area contributed by atoms with Gasteiger partial charge in [-0.2, -0.15) is 0 Å². The molecule has 0 radical (unpaired) electrons. The van der Waals surface area contributed by atoms with Gasteiger partial charge >= 0.3 is 0 Å². The molecule has 0 heterocycles. The highest BCUT2D eigenvalue weighted by Crippen LogP contribution is 2.23. The van der Waals surface area contributed by atoms with Crippen LogP contribution in [0.15, 0.2) is 18.2 Å². The van der Waals surface area contributed by atoms with Crippen molar-refractivity contribution in [3.63, 3.8) is 0 Å². The number of nitrogens with two attached hydrogens (primary N) is 1. The average Bonchev–Trinajstić information content (AvgIpc) is 2.24. The summed E-state index contributed by atoms with van der Waals surface area (Å²) in [6.45, 7) is 8.77. The normalized spacial score (nSPS) is 12.8. The lowest BCUT2D eigenvalue weighted by molar-refractivity contribution is 0.438. The molecule has 2 nitrogen and oxygen atoms in total. The van der Waals surface area contributed by atoms with E-state index in [1.54, 1.807) is 0 Å². The largest absolute Gasteiger partial charge is 0.397 e. The molecule has 3 N–H and O–H groups in total. The molecule has 1 atom stereocenters. The summed E-state index contributed by atoms with van der Waals surface area (Å²) in [6.07, 6.45) is 2.41. The highest BCUT2D eigenvalue weighted by molar-refractivity contribution is 5.67. The fraction of sp³-hybridized carbons (Fsp3) is 0.571. The second-order valence-corrected chi connectivity index (χ2v) is 4.60. The zero-order valence-electron chi connectivity index (χ0n) is 10.9. The number of benzene rings is 1. The van der Waals surface area contributed by atoms with Gasteiger partial charge in [-0.15, -0.1) is 0 Å². The second kappa shape index (κ2) is 5.78. The third-order valence-electron chi connectivity index (χ3n) is 3.35. The number of nitrogens with one attached hydrogen (secondary N) is 1. The van der Waals surface area contributed by atoms with Crippen LogP contribution in [0.3, 0.4) is 0 Å². The molecular weight excluding hydrogens is 196 g/mol. The Kier molecular flexibility index (Phi) is 4.66. The molecule has 0 aromatic heterocycles. The van der Waals surface area contributed by atoms with Crippen molar-refractivity contribution in [2.75, 3.05) is 11.1 Å². The van der Waals surface area contributed by atoms with Crippen molar-refractivity contribution < 1.29 is 0 Å². The molecule has 2 heteroatoms. The number of hydrogen-bond acceptors (Lipinski definition) is 2. The van der Waals surface area contributed by atoms with E-state index in [0.717, 1.165) is 11.4 Å². The van der Waals surface area contributed by atoms with Crippen LogP contribution >= 0.6 is 0 Å². The van der Waals surface area contributed by atoms with Crippen molar-refractivity contribution in [1.82, 2.24) is 0 Å². The lowest BCUT2D eigenvalue weighted by Gasteiger charge is -2.24. The van der Waals surface area contributed by atoms with Crippen LogP contribution in [0, 0.1) is 12.8 Å². The van der Waals surface area contributed by atoms with Crippen molar-refractivity contribution in [2.24, 2.45) is 5.92 Å². The van der Waals surface area contributed by atoms with Crippen molar-refractivity contribution >= 4 is 11.4 Å². The maximum absolute atomic E-state index is 5.99. The topological polar surface area (TPSA) is 38.0 Å². The van der Waals surface area contributed by atoms with Gasteiger partial charge in [0.1, 0.15) is 0 Å². The van der Waals surface area contributed by atoms with Crippen molar-refractivity contribution in [2.45, 2.75) is 46.6 Å². The Balaban J connectivity index is 2.72. The molecule has 1 unspecified atom stereocenters. The lowest BCUT2D eigenvalue weighted by Crippen LogP contribution is -2.25. The predicted octanol–water partition coefficient (Wildman–Crippen LogP) is 3.81. The first-order valence-corrected chi connectivity index (χ1v) is 6.21. The quantitative estimate of drug-likeness (QED) is 0.740. The van der Waals surface area contributed by atoms with Crippen molar-refractivity contribution in [3.8, 4) is 0 Å². The van der Waals surface area contributed by atoms with Crippen LogP contribution in [-0.2, 0) is 0 Å². The third kappa shape index (κ3) is 3.16. The molecule has 0 aliphatic rings. The third-order valence-corrected chi connectivity index (χ3v) is 3.35. The first-order valence-electron chi connectivity index (χ1n) is 6.21. The smallest absolute Gasteiger partial charge is 0.0576 e. The summed E-state index contributed by atoms with van der Waals surface area (Å²) in [7, 11) is 0. The summed E-state index contributed by atoms with van der Waals surface area (Å²) in [6, 6.07) is 6.66. The number of anilines is 2. The van der Waals surface area contributed by atoms with Crippen LogP contribution in [0.5, 0.6) is 0 Å². The van der Waals surface area contributed by atoms with Gasteiger partial charge in [-0.3, -0.25) is 0 Å². The van der Waals surface area contributed by atoms with E-state index in [9.17, 15) is 0 Å². The zero-order valence-corrected chi connectivity index (χ0v) is 10.9. The maximum Gasteiger partial charge on any atom is 0.0576 e. The second-order valence-electron chi connectivity index (χ2n) is 4.60.